The van der Waals surface area contributed by atoms with Gasteiger partial charge in [-0.1, -0.05) is 24.3 Å². The molecule has 7 nitrogen and oxygen atoms in total. The Labute approximate surface area is 254 Å². The SMILES string of the molecule is N#Cc1ccc(Cc2ncc(CN(Cc3cccc(F)c3)c3ccc(-c4ccc(C(=O)N5CCSCC5)o4)cc3)[nH]2)cc1. The highest BCUT2D eigenvalue weighted by Gasteiger charge is 2.22. The zero-order valence-electron chi connectivity index (χ0n) is 23.5. The van der Waals surface area contributed by atoms with Crippen LogP contribution in [0.15, 0.2) is 95.5 Å². The molecule has 5 aromatic rings. The van der Waals surface area contributed by atoms with Crippen molar-refractivity contribution in [3.05, 3.63) is 131 Å². The molecule has 0 radical (unpaired) electrons. The van der Waals surface area contributed by atoms with Crippen molar-refractivity contribution >= 4 is 23.4 Å². The van der Waals surface area contributed by atoms with Crippen LogP contribution < -0.4 is 4.90 Å². The van der Waals surface area contributed by atoms with E-state index >= 15 is 0 Å². The highest BCUT2D eigenvalue weighted by molar-refractivity contribution is 7.99. The molecular weight excluding hydrogens is 561 g/mol. The average Bonchev–Trinajstić information content (AvgIpc) is 3.71. The van der Waals surface area contributed by atoms with Gasteiger partial charge in [0.2, 0.25) is 0 Å². The largest absolute Gasteiger partial charge is 0.451 e. The van der Waals surface area contributed by atoms with Gasteiger partial charge in [-0.25, -0.2) is 9.37 Å². The van der Waals surface area contributed by atoms with E-state index in [-0.39, 0.29) is 11.7 Å². The number of aromatic nitrogens is 2. The average molecular weight is 592 g/mol. The summed E-state index contributed by atoms with van der Waals surface area (Å²) < 4.78 is 20.0. The van der Waals surface area contributed by atoms with Crippen molar-refractivity contribution < 1.29 is 13.6 Å². The molecule has 1 aliphatic heterocycles. The summed E-state index contributed by atoms with van der Waals surface area (Å²) in [6.07, 6.45) is 2.45. The minimum absolute atomic E-state index is 0.0671. The fraction of sp³-hybridized carbons (Fsp3) is 0.206. The molecule has 0 atom stereocenters. The minimum atomic E-state index is -0.273. The third-order valence-corrected chi connectivity index (χ3v) is 8.33. The zero-order chi connectivity index (χ0) is 29.6. The van der Waals surface area contributed by atoms with Gasteiger partial charge in [0.1, 0.15) is 17.4 Å². The van der Waals surface area contributed by atoms with Crippen LogP contribution in [0.5, 0.6) is 0 Å². The number of rotatable bonds is 9. The van der Waals surface area contributed by atoms with E-state index in [1.54, 1.807) is 30.3 Å². The molecule has 6 rings (SSSR count). The van der Waals surface area contributed by atoms with E-state index in [2.05, 4.69) is 20.9 Å². The maximum absolute atomic E-state index is 14.0. The molecule has 0 aliphatic carbocycles. The number of hydrogen-bond acceptors (Lipinski definition) is 6. The number of thioether (sulfide) groups is 1. The Morgan fingerprint density at radius 1 is 1.00 bits per heavy atom. The highest BCUT2D eigenvalue weighted by atomic mass is 32.2. The van der Waals surface area contributed by atoms with E-state index in [0.717, 1.165) is 58.5 Å². The molecule has 0 spiro atoms. The first kappa shape index (κ1) is 28.3. The summed E-state index contributed by atoms with van der Waals surface area (Å²) in [7, 11) is 0. The van der Waals surface area contributed by atoms with E-state index in [9.17, 15) is 9.18 Å². The number of nitriles is 1. The van der Waals surface area contributed by atoms with Gasteiger partial charge in [0.15, 0.2) is 5.76 Å². The second-order valence-electron chi connectivity index (χ2n) is 10.4. The van der Waals surface area contributed by atoms with Gasteiger partial charge in [-0.3, -0.25) is 4.79 Å². The number of benzene rings is 3. The number of anilines is 1. The Hall–Kier alpha value is -4.81. The number of carbonyl (C=O) groups is 1. The number of furan rings is 1. The first-order valence-corrected chi connectivity index (χ1v) is 15.3. The fourth-order valence-corrected chi connectivity index (χ4v) is 6.04. The molecule has 1 saturated heterocycles. The summed E-state index contributed by atoms with van der Waals surface area (Å²) in [5, 5.41) is 9.05. The summed E-state index contributed by atoms with van der Waals surface area (Å²) in [5.41, 5.74) is 5.28. The van der Waals surface area contributed by atoms with E-state index < -0.39 is 0 Å². The summed E-state index contributed by atoms with van der Waals surface area (Å²) in [6, 6.07) is 27.8. The molecule has 43 heavy (non-hydrogen) atoms. The number of nitrogens with zero attached hydrogens (tertiary/aromatic N) is 4. The van der Waals surface area contributed by atoms with Crippen molar-refractivity contribution in [3.63, 3.8) is 0 Å². The molecular formula is C34H30FN5O2S. The minimum Gasteiger partial charge on any atom is -0.451 e. The number of halogens is 1. The van der Waals surface area contributed by atoms with Crippen molar-refractivity contribution in [2.24, 2.45) is 0 Å². The third kappa shape index (κ3) is 6.99. The Morgan fingerprint density at radius 2 is 1.79 bits per heavy atom. The molecule has 1 fully saturated rings. The van der Waals surface area contributed by atoms with Crippen molar-refractivity contribution in [2.45, 2.75) is 19.5 Å². The van der Waals surface area contributed by atoms with Crippen LogP contribution in [0.25, 0.3) is 11.3 Å². The van der Waals surface area contributed by atoms with Crippen molar-refractivity contribution in [2.75, 3.05) is 29.5 Å². The Kier molecular flexibility index (Phi) is 8.57. The number of imidazole rings is 1. The molecule has 3 aromatic carbocycles. The number of aromatic amines is 1. The smallest absolute Gasteiger partial charge is 0.289 e. The number of amides is 1. The molecule has 0 unspecified atom stereocenters. The van der Waals surface area contributed by atoms with Crippen LogP contribution in [0.3, 0.4) is 0 Å². The predicted molar refractivity (Wildman–Crippen MR) is 166 cm³/mol. The fourth-order valence-electron chi connectivity index (χ4n) is 5.13. The van der Waals surface area contributed by atoms with E-state index in [0.29, 0.717) is 36.6 Å². The van der Waals surface area contributed by atoms with Crippen LogP contribution in [0.2, 0.25) is 0 Å². The lowest BCUT2D eigenvalue weighted by Crippen LogP contribution is -2.37. The molecule has 3 heterocycles. The first-order chi connectivity index (χ1) is 21.0. The Morgan fingerprint density at radius 3 is 2.53 bits per heavy atom. The van der Waals surface area contributed by atoms with Crippen LogP contribution in [-0.2, 0) is 19.5 Å². The van der Waals surface area contributed by atoms with Gasteiger partial charge in [0, 0.05) is 48.8 Å². The van der Waals surface area contributed by atoms with Crippen LogP contribution in [0, 0.1) is 17.1 Å². The molecule has 216 valence electrons. The maximum atomic E-state index is 14.0. The normalized spacial score (nSPS) is 13.1. The highest BCUT2D eigenvalue weighted by Crippen LogP contribution is 2.28. The van der Waals surface area contributed by atoms with Crippen LogP contribution in [0.1, 0.15) is 38.8 Å². The Bertz CT molecular complexity index is 1730. The van der Waals surface area contributed by atoms with Gasteiger partial charge in [0.05, 0.1) is 30.1 Å². The number of carbonyl (C=O) groups excluding carboxylic acids is 1. The van der Waals surface area contributed by atoms with Gasteiger partial charge < -0.3 is 19.2 Å². The summed E-state index contributed by atoms with van der Waals surface area (Å²) in [5.74, 6) is 3.38. The maximum Gasteiger partial charge on any atom is 0.289 e. The predicted octanol–water partition coefficient (Wildman–Crippen LogP) is 6.67. The molecule has 0 saturated carbocycles. The quantitative estimate of drug-likeness (QED) is 0.206. The van der Waals surface area contributed by atoms with Gasteiger partial charge in [-0.05, 0) is 71.8 Å². The summed E-state index contributed by atoms with van der Waals surface area (Å²) >= 11 is 1.86. The summed E-state index contributed by atoms with van der Waals surface area (Å²) in [4.78, 5) is 24.9. The van der Waals surface area contributed by atoms with Gasteiger partial charge in [-0.15, -0.1) is 0 Å². The molecule has 2 aromatic heterocycles. The second-order valence-corrected chi connectivity index (χ2v) is 11.7. The number of hydrogen-bond donors (Lipinski definition) is 1. The summed E-state index contributed by atoms with van der Waals surface area (Å²) in [6.45, 7) is 2.50. The monoisotopic (exact) mass is 591 g/mol. The zero-order valence-corrected chi connectivity index (χ0v) is 24.3. The topological polar surface area (TPSA) is 89.2 Å². The van der Waals surface area contributed by atoms with Crippen molar-refractivity contribution in [3.8, 4) is 17.4 Å². The third-order valence-electron chi connectivity index (χ3n) is 7.39. The van der Waals surface area contributed by atoms with Crippen molar-refractivity contribution in [1.29, 1.82) is 5.26 Å². The van der Waals surface area contributed by atoms with Crippen LogP contribution in [0.4, 0.5) is 10.1 Å². The standard InChI is InChI=1S/C34H30FN5O2S/c35-28-3-1-2-26(18-28)22-40(23-29-21-37-33(38-29)19-24-4-6-25(20-36)7-5-24)30-10-8-27(9-11-30)31-12-13-32(42-31)34(41)39-14-16-43-17-15-39/h1-13,18,21H,14-17,19,22-23H2,(H,37,38). The van der Waals surface area contributed by atoms with E-state index in [1.165, 1.54) is 6.07 Å². The van der Waals surface area contributed by atoms with Gasteiger partial charge >= 0.3 is 0 Å². The van der Waals surface area contributed by atoms with Crippen LogP contribution in [-0.4, -0.2) is 45.4 Å². The lowest BCUT2D eigenvalue weighted by molar-refractivity contribution is 0.0741. The number of H-pyrrole nitrogens is 1. The van der Waals surface area contributed by atoms with E-state index in [1.807, 2.05) is 71.4 Å². The van der Waals surface area contributed by atoms with Crippen LogP contribution >= 0.6 is 11.8 Å². The molecule has 1 aliphatic rings. The van der Waals surface area contributed by atoms with Gasteiger partial charge in [0.25, 0.3) is 5.91 Å². The molecule has 9 heteroatoms. The molecule has 0 bridgehead atoms. The van der Waals surface area contributed by atoms with E-state index in [4.69, 9.17) is 9.68 Å². The number of nitrogens with one attached hydrogen (secondary N) is 1. The Balaban J connectivity index is 1.19. The van der Waals surface area contributed by atoms with Crippen molar-refractivity contribution in [1.82, 2.24) is 14.9 Å². The first-order valence-electron chi connectivity index (χ1n) is 14.1. The second kappa shape index (κ2) is 13.0. The molecule has 1 amide bonds. The molecule has 1 N–H and O–H groups in total. The lowest BCUT2D eigenvalue weighted by atomic mass is 10.1. The lowest BCUT2D eigenvalue weighted by Gasteiger charge is -2.25. The van der Waals surface area contributed by atoms with Gasteiger partial charge in [-0.2, -0.15) is 17.0 Å².